The summed E-state index contributed by atoms with van der Waals surface area (Å²) in [7, 11) is 0. The molecule has 2 rings (SSSR count). The molecule has 2 N–H and O–H groups in total. The summed E-state index contributed by atoms with van der Waals surface area (Å²) in [6, 6.07) is 5.67. The Labute approximate surface area is 99.4 Å². The quantitative estimate of drug-likeness (QED) is 0.886. The van der Waals surface area contributed by atoms with Gasteiger partial charge in [-0.2, -0.15) is 0 Å². The second-order valence-corrected chi connectivity index (χ2v) is 5.28. The first-order chi connectivity index (χ1) is 7.65. The molecule has 0 radical (unpaired) electrons. The van der Waals surface area contributed by atoms with Crippen LogP contribution in [0, 0.1) is 5.92 Å². The highest BCUT2D eigenvalue weighted by atomic mass is 32.1. The van der Waals surface area contributed by atoms with E-state index in [9.17, 15) is 0 Å². The maximum atomic E-state index is 5.66. The van der Waals surface area contributed by atoms with Gasteiger partial charge in [0.15, 0.2) is 0 Å². The minimum atomic E-state index is 0.552. The summed E-state index contributed by atoms with van der Waals surface area (Å²) >= 11 is 1.69. The molecule has 0 saturated carbocycles. The predicted molar refractivity (Wildman–Crippen MR) is 68.3 cm³/mol. The van der Waals surface area contributed by atoms with E-state index < -0.39 is 0 Å². The van der Waals surface area contributed by atoms with Gasteiger partial charge in [0.2, 0.25) is 0 Å². The van der Waals surface area contributed by atoms with Gasteiger partial charge >= 0.3 is 0 Å². The van der Waals surface area contributed by atoms with Crippen LogP contribution in [0.3, 0.4) is 0 Å². The third-order valence-corrected chi connectivity index (χ3v) is 3.20. The summed E-state index contributed by atoms with van der Waals surface area (Å²) < 4.78 is 0. The molecule has 0 atom stereocenters. The van der Waals surface area contributed by atoms with Crippen molar-refractivity contribution in [3.63, 3.8) is 0 Å². The predicted octanol–water partition coefficient (Wildman–Crippen LogP) is 2.99. The minimum Gasteiger partial charge on any atom is -0.384 e. The van der Waals surface area contributed by atoms with Gasteiger partial charge < -0.3 is 5.73 Å². The van der Waals surface area contributed by atoms with Crippen LogP contribution in [-0.2, 0) is 6.42 Å². The van der Waals surface area contributed by atoms with Crippen LogP contribution >= 0.6 is 11.3 Å². The van der Waals surface area contributed by atoms with Crippen LogP contribution in [0.15, 0.2) is 24.4 Å². The molecule has 0 aliphatic carbocycles. The van der Waals surface area contributed by atoms with Crippen molar-refractivity contribution in [1.29, 1.82) is 0 Å². The van der Waals surface area contributed by atoms with Crippen LogP contribution in [0.25, 0.3) is 10.6 Å². The topological polar surface area (TPSA) is 51.8 Å². The van der Waals surface area contributed by atoms with Crippen molar-refractivity contribution < 1.29 is 0 Å². The maximum Gasteiger partial charge on any atom is 0.124 e. The first-order valence-electron chi connectivity index (χ1n) is 5.33. The highest BCUT2D eigenvalue weighted by Crippen LogP contribution is 2.26. The molecule has 0 aliphatic heterocycles. The fourth-order valence-corrected chi connectivity index (χ4v) is 2.56. The molecule has 16 heavy (non-hydrogen) atoms. The number of nitrogens with two attached hydrogens (primary N) is 1. The van der Waals surface area contributed by atoms with E-state index in [0.29, 0.717) is 11.7 Å². The number of nitrogen functional groups attached to an aromatic ring is 1. The molecule has 0 amide bonds. The van der Waals surface area contributed by atoms with E-state index in [4.69, 9.17) is 5.73 Å². The van der Waals surface area contributed by atoms with E-state index in [2.05, 4.69) is 23.8 Å². The fraction of sp³-hybridized carbons (Fsp3) is 0.333. The molecule has 0 aliphatic rings. The number of pyridine rings is 1. The number of hydrogen-bond donors (Lipinski definition) is 1. The van der Waals surface area contributed by atoms with Crippen molar-refractivity contribution in [2.75, 3.05) is 5.73 Å². The lowest BCUT2D eigenvalue weighted by atomic mass is 10.1. The maximum absolute atomic E-state index is 5.66. The molecule has 2 aromatic heterocycles. The lowest BCUT2D eigenvalue weighted by Crippen LogP contribution is -1.91. The summed E-state index contributed by atoms with van der Waals surface area (Å²) in [6.45, 7) is 4.39. The normalized spacial score (nSPS) is 10.9. The van der Waals surface area contributed by atoms with Crippen LogP contribution < -0.4 is 5.73 Å². The van der Waals surface area contributed by atoms with E-state index in [1.807, 2.05) is 18.3 Å². The average Bonchev–Trinajstić information content (AvgIpc) is 2.65. The molecule has 0 fully saturated rings. The molecule has 0 saturated heterocycles. The number of aromatic nitrogens is 2. The number of thiazole rings is 1. The second kappa shape index (κ2) is 4.61. The summed E-state index contributed by atoms with van der Waals surface area (Å²) in [5.74, 6) is 1.18. The Kier molecular flexibility index (Phi) is 3.19. The number of nitrogens with zero attached hydrogens (tertiary/aromatic N) is 2. The lowest BCUT2D eigenvalue weighted by Gasteiger charge is -1.99. The van der Waals surface area contributed by atoms with E-state index in [1.54, 1.807) is 17.4 Å². The van der Waals surface area contributed by atoms with E-state index >= 15 is 0 Å². The Morgan fingerprint density at radius 1 is 1.38 bits per heavy atom. The molecule has 4 heteroatoms. The molecule has 0 aromatic carbocycles. The van der Waals surface area contributed by atoms with E-state index in [-0.39, 0.29) is 0 Å². The average molecular weight is 233 g/mol. The zero-order valence-corrected chi connectivity index (χ0v) is 10.3. The minimum absolute atomic E-state index is 0.552. The Bertz CT molecular complexity index is 477. The molecule has 2 heterocycles. The third kappa shape index (κ3) is 2.58. The SMILES string of the molecule is CC(C)Cc1ncc(-c2cccc(N)n2)s1. The van der Waals surface area contributed by atoms with Gasteiger partial charge in [-0.15, -0.1) is 11.3 Å². The van der Waals surface area contributed by atoms with Crippen molar-refractivity contribution in [1.82, 2.24) is 9.97 Å². The fourth-order valence-electron chi connectivity index (χ4n) is 1.46. The summed E-state index contributed by atoms with van der Waals surface area (Å²) in [6.07, 6.45) is 2.90. The van der Waals surface area contributed by atoms with Crippen molar-refractivity contribution in [3.8, 4) is 10.6 Å². The first-order valence-corrected chi connectivity index (χ1v) is 6.14. The van der Waals surface area contributed by atoms with Gasteiger partial charge in [-0.3, -0.25) is 0 Å². The molecular formula is C12H15N3S. The Morgan fingerprint density at radius 2 is 2.19 bits per heavy atom. The third-order valence-electron chi connectivity index (χ3n) is 2.16. The monoisotopic (exact) mass is 233 g/mol. The van der Waals surface area contributed by atoms with Gasteiger partial charge in [-0.05, 0) is 18.1 Å². The van der Waals surface area contributed by atoms with Gasteiger partial charge in [-0.1, -0.05) is 19.9 Å². The zero-order valence-electron chi connectivity index (χ0n) is 9.47. The van der Waals surface area contributed by atoms with E-state index in [1.165, 1.54) is 0 Å². The number of hydrogen-bond acceptors (Lipinski definition) is 4. The van der Waals surface area contributed by atoms with Crippen LogP contribution in [0.4, 0.5) is 5.82 Å². The number of anilines is 1. The van der Waals surface area contributed by atoms with Gasteiger partial charge in [0.1, 0.15) is 5.82 Å². The molecule has 0 spiro atoms. The lowest BCUT2D eigenvalue weighted by molar-refractivity contribution is 0.644. The molecule has 3 nitrogen and oxygen atoms in total. The zero-order chi connectivity index (χ0) is 11.5. The Morgan fingerprint density at radius 3 is 2.88 bits per heavy atom. The highest BCUT2D eigenvalue weighted by molar-refractivity contribution is 7.15. The summed E-state index contributed by atoms with van der Waals surface area (Å²) in [5, 5.41) is 1.16. The van der Waals surface area contributed by atoms with Crippen molar-refractivity contribution in [3.05, 3.63) is 29.4 Å². The smallest absolute Gasteiger partial charge is 0.124 e. The number of rotatable bonds is 3. The Balaban J connectivity index is 2.24. The summed E-state index contributed by atoms with van der Waals surface area (Å²) in [4.78, 5) is 9.77. The van der Waals surface area contributed by atoms with Crippen LogP contribution in [-0.4, -0.2) is 9.97 Å². The largest absolute Gasteiger partial charge is 0.384 e. The van der Waals surface area contributed by atoms with Gasteiger partial charge in [-0.25, -0.2) is 9.97 Å². The molecule has 0 unspecified atom stereocenters. The molecule has 0 bridgehead atoms. The van der Waals surface area contributed by atoms with Crippen LogP contribution in [0.1, 0.15) is 18.9 Å². The molecular weight excluding hydrogens is 218 g/mol. The van der Waals surface area contributed by atoms with Gasteiger partial charge in [0.05, 0.1) is 15.6 Å². The van der Waals surface area contributed by atoms with Gasteiger partial charge in [0.25, 0.3) is 0 Å². The van der Waals surface area contributed by atoms with Crippen molar-refractivity contribution >= 4 is 17.2 Å². The second-order valence-electron chi connectivity index (χ2n) is 4.16. The first kappa shape index (κ1) is 11.1. The summed E-state index contributed by atoms with van der Waals surface area (Å²) in [5.41, 5.74) is 6.57. The molecule has 84 valence electrons. The van der Waals surface area contributed by atoms with Crippen LogP contribution in [0.5, 0.6) is 0 Å². The molecule has 2 aromatic rings. The van der Waals surface area contributed by atoms with Crippen LogP contribution in [0.2, 0.25) is 0 Å². The standard InChI is InChI=1S/C12H15N3S/c1-8(2)6-12-14-7-10(16-12)9-4-3-5-11(13)15-9/h3-5,7-8H,6H2,1-2H3,(H2,13,15). The van der Waals surface area contributed by atoms with Crippen molar-refractivity contribution in [2.45, 2.75) is 20.3 Å². The highest BCUT2D eigenvalue weighted by Gasteiger charge is 2.07. The van der Waals surface area contributed by atoms with E-state index in [0.717, 1.165) is 22.0 Å². The van der Waals surface area contributed by atoms with Gasteiger partial charge in [0, 0.05) is 12.6 Å². The Hall–Kier alpha value is -1.42. The van der Waals surface area contributed by atoms with Crippen molar-refractivity contribution in [2.24, 2.45) is 5.92 Å².